The minimum atomic E-state index is -3.76. The summed E-state index contributed by atoms with van der Waals surface area (Å²) in [5.74, 6) is -0.570. The zero-order valence-corrected chi connectivity index (χ0v) is 14.6. The number of morpholine rings is 1. The summed E-state index contributed by atoms with van der Waals surface area (Å²) in [7, 11) is -3.76. The van der Waals surface area contributed by atoms with Crippen LogP contribution in [0.2, 0.25) is 0 Å². The molecule has 8 heteroatoms. The summed E-state index contributed by atoms with van der Waals surface area (Å²) in [4.78, 5) is 11.6. The molecular formula is C18H17FN2O4S. The van der Waals surface area contributed by atoms with E-state index in [1.54, 1.807) is 24.3 Å². The van der Waals surface area contributed by atoms with Gasteiger partial charge < -0.3 is 10.1 Å². The quantitative estimate of drug-likeness (QED) is 0.890. The van der Waals surface area contributed by atoms with Crippen molar-refractivity contribution in [3.63, 3.8) is 0 Å². The molecule has 2 aliphatic heterocycles. The summed E-state index contributed by atoms with van der Waals surface area (Å²) in [6.07, 6.45) is -0.489. The summed E-state index contributed by atoms with van der Waals surface area (Å²) in [5.41, 5.74) is 1.64. The molecule has 0 aliphatic carbocycles. The van der Waals surface area contributed by atoms with E-state index in [1.165, 1.54) is 22.5 Å². The van der Waals surface area contributed by atoms with Gasteiger partial charge in [0.05, 0.1) is 24.0 Å². The van der Waals surface area contributed by atoms with Crippen LogP contribution in [0.3, 0.4) is 0 Å². The molecule has 26 heavy (non-hydrogen) atoms. The standard InChI is InChI=1S/C18H17FN2O4S/c19-15-4-2-1-3-14(15)17-11-21(7-8-25-17)26(23,24)13-5-6-16-12(9-13)10-18(22)20-16/h1-6,9,17H,7-8,10-11H2,(H,20,22). The highest BCUT2D eigenvalue weighted by Crippen LogP contribution is 2.30. The highest BCUT2D eigenvalue weighted by atomic mass is 32.2. The first-order valence-corrected chi connectivity index (χ1v) is 9.68. The van der Waals surface area contributed by atoms with E-state index in [2.05, 4.69) is 5.32 Å². The summed E-state index contributed by atoms with van der Waals surface area (Å²) in [5, 5.41) is 2.68. The van der Waals surface area contributed by atoms with Crippen LogP contribution in [0.4, 0.5) is 10.1 Å². The van der Waals surface area contributed by atoms with Crippen LogP contribution >= 0.6 is 0 Å². The fraction of sp³-hybridized carbons (Fsp3) is 0.278. The number of amides is 1. The predicted octanol–water partition coefficient (Wildman–Crippen LogP) is 2.08. The van der Waals surface area contributed by atoms with E-state index in [0.29, 0.717) is 16.8 Å². The number of carbonyl (C=O) groups excluding carboxylic acids is 1. The number of hydrogen-bond donors (Lipinski definition) is 1. The number of fused-ring (bicyclic) bond motifs is 1. The third-order valence-electron chi connectivity index (χ3n) is 4.62. The first-order valence-electron chi connectivity index (χ1n) is 8.24. The summed E-state index contributed by atoms with van der Waals surface area (Å²) >= 11 is 0. The Morgan fingerprint density at radius 3 is 2.81 bits per heavy atom. The first kappa shape index (κ1) is 17.1. The van der Waals surface area contributed by atoms with Gasteiger partial charge in [-0.05, 0) is 29.8 Å². The Kier molecular flexibility index (Phi) is 4.26. The van der Waals surface area contributed by atoms with Crippen LogP contribution in [0.5, 0.6) is 0 Å². The molecular weight excluding hydrogens is 359 g/mol. The fourth-order valence-corrected chi connectivity index (χ4v) is 4.76. The number of nitrogens with zero attached hydrogens (tertiary/aromatic N) is 1. The Morgan fingerprint density at radius 2 is 2.00 bits per heavy atom. The zero-order chi connectivity index (χ0) is 18.3. The van der Waals surface area contributed by atoms with Gasteiger partial charge in [0.25, 0.3) is 0 Å². The number of rotatable bonds is 3. The van der Waals surface area contributed by atoms with E-state index in [-0.39, 0.29) is 36.9 Å². The molecule has 0 radical (unpaired) electrons. The molecule has 2 aromatic rings. The smallest absolute Gasteiger partial charge is 0.243 e. The molecule has 1 unspecified atom stereocenters. The molecule has 2 aliphatic rings. The predicted molar refractivity (Wildman–Crippen MR) is 92.6 cm³/mol. The summed E-state index contributed by atoms with van der Waals surface area (Å²) in [6.45, 7) is 0.419. The molecule has 1 amide bonds. The van der Waals surface area contributed by atoms with Gasteiger partial charge in [-0.1, -0.05) is 18.2 Å². The van der Waals surface area contributed by atoms with Gasteiger partial charge >= 0.3 is 0 Å². The van der Waals surface area contributed by atoms with Crippen LogP contribution < -0.4 is 5.32 Å². The SMILES string of the molecule is O=C1Cc2cc(S(=O)(=O)N3CCOC(c4ccccc4F)C3)ccc2N1. The molecule has 0 bridgehead atoms. The molecule has 1 atom stereocenters. The Balaban J connectivity index is 1.61. The van der Waals surface area contributed by atoms with Gasteiger partial charge in [-0.3, -0.25) is 4.79 Å². The zero-order valence-electron chi connectivity index (χ0n) is 13.8. The van der Waals surface area contributed by atoms with Gasteiger partial charge in [0.2, 0.25) is 15.9 Å². The highest BCUT2D eigenvalue weighted by molar-refractivity contribution is 7.89. The average Bonchev–Trinajstić information content (AvgIpc) is 3.01. The Bertz CT molecular complexity index is 977. The van der Waals surface area contributed by atoms with Crippen molar-refractivity contribution in [1.29, 1.82) is 0 Å². The largest absolute Gasteiger partial charge is 0.371 e. The fourth-order valence-electron chi connectivity index (χ4n) is 3.28. The molecule has 2 heterocycles. The number of anilines is 1. The molecule has 6 nitrogen and oxygen atoms in total. The van der Waals surface area contributed by atoms with Gasteiger partial charge in [-0.15, -0.1) is 0 Å². The first-order chi connectivity index (χ1) is 12.4. The van der Waals surface area contributed by atoms with Gasteiger partial charge in [0.15, 0.2) is 0 Å². The van der Waals surface area contributed by atoms with Gasteiger partial charge in [0.1, 0.15) is 5.82 Å². The topological polar surface area (TPSA) is 75.7 Å². The maximum Gasteiger partial charge on any atom is 0.243 e. The van der Waals surface area contributed by atoms with E-state index in [9.17, 15) is 17.6 Å². The normalized spacial score (nSPS) is 20.7. The van der Waals surface area contributed by atoms with Crippen molar-refractivity contribution in [3.05, 3.63) is 59.4 Å². The number of benzene rings is 2. The minimum Gasteiger partial charge on any atom is -0.371 e. The molecule has 4 rings (SSSR count). The van der Waals surface area contributed by atoms with Crippen molar-refractivity contribution >= 4 is 21.6 Å². The van der Waals surface area contributed by atoms with E-state index in [0.717, 1.165) is 0 Å². The van der Waals surface area contributed by atoms with Gasteiger partial charge in [0, 0.05) is 24.3 Å². The Labute approximate surface area is 150 Å². The van der Waals surface area contributed by atoms with E-state index < -0.39 is 21.9 Å². The molecule has 0 aromatic heterocycles. The van der Waals surface area contributed by atoms with Crippen LogP contribution in [-0.2, 0) is 26.0 Å². The van der Waals surface area contributed by atoms with E-state index >= 15 is 0 Å². The van der Waals surface area contributed by atoms with E-state index in [1.807, 2.05) is 0 Å². The molecule has 0 spiro atoms. The lowest BCUT2D eigenvalue weighted by Gasteiger charge is -2.32. The van der Waals surface area contributed by atoms with Crippen molar-refractivity contribution < 1.29 is 22.3 Å². The molecule has 1 N–H and O–H groups in total. The van der Waals surface area contributed by atoms with Crippen molar-refractivity contribution in [2.24, 2.45) is 0 Å². The number of hydrogen-bond acceptors (Lipinski definition) is 4. The van der Waals surface area contributed by atoms with Gasteiger partial charge in [-0.25, -0.2) is 12.8 Å². The monoisotopic (exact) mass is 376 g/mol. The van der Waals surface area contributed by atoms with Crippen LogP contribution in [0, 0.1) is 5.82 Å². The van der Waals surface area contributed by atoms with Crippen molar-refractivity contribution in [2.45, 2.75) is 17.4 Å². The highest BCUT2D eigenvalue weighted by Gasteiger charge is 2.33. The molecule has 0 saturated carbocycles. The maximum absolute atomic E-state index is 14.0. The second kappa shape index (κ2) is 6.46. The Morgan fingerprint density at radius 1 is 1.19 bits per heavy atom. The van der Waals surface area contributed by atoms with Crippen LogP contribution in [-0.4, -0.2) is 38.3 Å². The van der Waals surface area contributed by atoms with Crippen LogP contribution in [0.1, 0.15) is 17.2 Å². The number of sulfonamides is 1. The second-order valence-corrected chi connectivity index (χ2v) is 8.23. The van der Waals surface area contributed by atoms with Crippen LogP contribution in [0.15, 0.2) is 47.4 Å². The third-order valence-corrected chi connectivity index (χ3v) is 6.48. The number of halogens is 1. The lowest BCUT2D eigenvalue weighted by Crippen LogP contribution is -2.42. The lowest BCUT2D eigenvalue weighted by molar-refractivity contribution is -0.115. The van der Waals surface area contributed by atoms with Gasteiger partial charge in [-0.2, -0.15) is 4.31 Å². The Hall–Kier alpha value is -2.29. The number of carbonyl (C=O) groups is 1. The number of ether oxygens (including phenoxy) is 1. The van der Waals surface area contributed by atoms with Crippen molar-refractivity contribution in [3.8, 4) is 0 Å². The average molecular weight is 376 g/mol. The molecule has 1 fully saturated rings. The number of nitrogens with one attached hydrogen (secondary N) is 1. The summed E-state index contributed by atoms with van der Waals surface area (Å²) in [6, 6.07) is 10.8. The lowest BCUT2D eigenvalue weighted by atomic mass is 10.1. The maximum atomic E-state index is 14.0. The van der Waals surface area contributed by atoms with Crippen LogP contribution in [0.25, 0.3) is 0 Å². The third kappa shape index (κ3) is 3.00. The van der Waals surface area contributed by atoms with E-state index in [4.69, 9.17) is 4.74 Å². The summed E-state index contributed by atoms with van der Waals surface area (Å²) < 4.78 is 46.9. The molecule has 2 aromatic carbocycles. The minimum absolute atomic E-state index is 0.0392. The van der Waals surface area contributed by atoms with Crippen molar-refractivity contribution in [1.82, 2.24) is 4.31 Å². The molecule has 136 valence electrons. The second-order valence-electron chi connectivity index (χ2n) is 6.29. The van der Waals surface area contributed by atoms with Crippen molar-refractivity contribution in [2.75, 3.05) is 25.0 Å². The molecule has 1 saturated heterocycles.